The lowest BCUT2D eigenvalue weighted by Crippen LogP contribution is -2.40. The summed E-state index contributed by atoms with van der Waals surface area (Å²) < 4.78 is 38.4. The summed E-state index contributed by atoms with van der Waals surface area (Å²) in [6, 6.07) is 5.47. The molecule has 0 aliphatic carbocycles. The van der Waals surface area contributed by atoms with Crippen molar-refractivity contribution in [2.75, 3.05) is 17.9 Å². The molecule has 1 unspecified atom stereocenters. The zero-order valence-electron chi connectivity index (χ0n) is 9.93. The highest BCUT2D eigenvalue weighted by Crippen LogP contribution is 2.20. The molecular formula is C11H17FN2O2S. The minimum Gasteiger partial charge on any atom is -0.329 e. The fourth-order valence-corrected chi connectivity index (χ4v) is 3.06. The molecule has 0 saturated carbocycles. The highest BCUT2D eigenvalue weighted by atomic mass is 32.2. The van der Waals surface area contributed by atoms with Gasteiger partial charge in [-0.25, -0.2) is 12.8 Å². The molecular weight excluding hydrogens is 243 g/mol. The average Bonchev–Trinajstić information content (AvgIpc) is 2.29. The molecule has 0 aliphatic rings. The Morgan fingerprint density at radius 3 is 2.59 bits per heavy atom. The van der Waals surface area contributed by atoms with Gasteiger partial charge in [0.15, 0.2) is 0 Å². The fraction of sp³-hybridized carbons (Fsp3) is 0.455. The molecule has 1 rings (SSSR count). The molecule has 0 heterocycles. The molecule has 0 aromatic heterocycles. The Balaban J connectivity index is 3.08. The number of sulfonamides is 1. The van der Waals surface area contributed by atoms with E-state index in [0.29, 0.717) is 12.1 Å². The Hall–Kier alpha value is -1.14. The van der Waals surface area contributed by atoms with E-state index in [2.05, 4.69) is 0 Å². The van der Waals surface area contributed by atoms with Crippen LogP contribution in [0.2, 0.25) is 0 Å². The average molecular weight is 260 g/mol. The molecule has 4 nitrogen and oxygen atoms in total. The number of hydrogen-bond acceptors (Lipinski definition) is 3. The van der Waals surface area contributed by atoms with Crippen molar-refractivity contribution in [3.8, 4) is 0 Å². The number of nitrogens with zero attached hydrogens (tertiary/aromatic N) is 1. The molecule has 17 heavy (non-hydrogen) atoms. The highest BCUT2D eigenvalue weighted by Gasteiger charge is 2.27. The molecule has 0 aliphatic heterocycles. The summed E-state index contributed by atoms with van der Waals surface area (Å²) in [5, 5.41) is -0.643. The molecule has 0 spiro atoms. The van der Waals surface area contributed by atoms with Crippen LogP contribution in [0.3, 0.4) is 0 Å². The van der Waals surface area contributed by atoms with Gasteiger partial charge < -0.3 is 5.73 Å². The number of halogens is 1. The lowest BCUT2D eigenvalue weighted by molar-refractivity contribution is 0.574. The third-order valence-corrected chi connectivity index (χ3v) is 5.04. The predicted molar refractivity (Wildman–Crippen MR) is 66.9 cm³/mol. The van der Waals surface area contributed by atoms with Gasteiger partial charge in [0.25, 0.3) is 0 Å². The van der Waals surface area contributed by atoms with Crippen LogP contribution < -0.4 is 10.0 Å². The van der Waals surface area contributed by atoms with Crippen LogP contribution in [-0.2, 0) is 10.0 Å². The van der Waals surface area contributed by atoms with E-state index in [9.17, 15) is 12.8 Å². The molecule has 0 amide bonds. The number of nitrogens with two attached hydrogens (primary N) is 1. The Bertz CT molecular complexity index is 472. The van der Waals surface area contributed by atoms with Crippen molar-refractivity contribution in [2.45, 2.75) is 18.6 Å². The fourth-order valence-electron chi connectivity index (χ4n) is 1.54. The van der Waals surface area contributed by atoms with Gasteiger partial charge in [-0.15, -0.1) is 0 Å². The topological polar surface area (TPSA) is 63.4 Å². The molecule has 0 saturated heterocycles. The second-order valence-corrected chi connectivity index (χ2v) is 6.00. The first-order chi connectivity index (χ1) is 7.93. The van der Waals surface area contributed by atoms with E-state index in [4.69, 9.17) is 5.73 Å². The maximum atomic E-state index is 13.0. The lowest BCUT2D eigenvalue weighted by atomic mass is 10.3. The quantitative estimate of drug-likeness (QED) is 0.868. The summed E-state index contributed by atoms with van der Waals surface area (Å²) in [6.45, 7) is 1.81. The normalized spacial score (nSPS) is 13.4. The summed E-state index contributed by atoms with van der Waals surface area (Å²) in [6.07, 6.45) is 0.429. The Labute approximate surface area is 101 Å². The summed E-state index contributed by atoms with van der Waals surface area (Å²) >= 11 is 0. The van der Waals surface area contributed by atoms with Gasteiger partial charge >= 0.3 is 0 Å². The molecule has 6 heteroatoms. The van der Waals surface area contributed by atoms with Crippen molar-refractivity contribution in [1.82, 2.24) is 0 Å². The van der Waals surface area contributed by atoms with Gasteiger partial charge in [-0.1, -0.05) is 13.0 Å². The van der Waals surface area contributed by atoms with E-state index < -0.39 is 21.1 Å². The first-order valence-corrected chi connectivity index (χ1v) is 6.87. The molecule has 1 aromatic carbocycles. The zero-order valence-corrected chi connectivity index (χ0v) is 10.7. The van der Waals surface area contributed by atoms with Crippen LogP contribution in [0.4, 0.5) is 10.1 Å². The zero-order chi connectivity index (χ0) is 13.1. The monoisotopic (exact) mass is 260 g/mol. The van der Waals surface area contributed by atoms with Gasteiger partial charge in [0, 0.05) is 13.6 Å². The standard InChI is InChI=1S/C11H17FN2O2S/c1-3-11(8-13)17(15,16)14(2)10-6-4-5-9(12)7-10/h4-7,11H,3,8,13H2,1-2H3. The van der Waals surface area contributed by atoms with Crippen LogP contribution in [0, 0.1) is 5.82 Å². The van der Waals surface area contributed by atoms with E-state index in [1.807, 2.05) is 0 Å². The van der Waals surface area contributed by atoms with Crippen LogP contribution in [0.15, 0.2) is 24.3 Å². The van der Waals surface area contributed by atoms with Crippen molar-refractivity contribution in [2.24, 2.45) is 5.73 Å². The van der Waals surface area contributed by atoms with Crippen molar-refractivity contribution < 1.29 is 12.8 Å². The number of anilines is 1. The van der Waals surface area contributed by atoms with E-state index in [1.165, 1.54) is 25.2 Å². The number of rotatable bonds is 5. The number of benzene rings is 1. The third kappa shape index (κ3) is 2.95. The molecule has 1 aromatic rings. The first kappa shape index (κ1) is 13.9. The van der Waals surface area contributed by atoms with Gasteiger partial charge in [0.2, 0.25) is 10.0 Å². The maximum absolute atomic E-state index is 13.0. The van der Waals surface area contributed by atoms with Crippen molar-refractivity contribution in [1.29, 1.82) is 0 Å². The van der Waals surface area contributed by atoms with Gasteiger partial charge in [-0.2, -0.15) is 0 Å². The largest absolute Gasteiger partial charge is 0.329 e. The van der Waals surface area contributed by atoms with Crippen LogP contribution in [0.5, 0.6) is 0 Å². The third-order valence-electron chi connectivity index (χ3n) is 2.69. The summed E-state index contributed by atoms with van der Waals surface area (Å²) in [5.41, 5.74) is 5.74. The molecule has 2 N–H and O–H groups in total. The summed E-state index contributed by atoms with van der Waals surface area (Å²) in [7, 11) is -2.12. The van der Waals surface area contributed by atoms with E-state index in [0.717, 1.165) is 4.31 Å². The molecule has 0 bridgehead atoms. The second-order valence-electron chi connectivity index (χ2n) is 3.76. The summed E-state index contributed by atoms with van der Waals surface area (Å²) in [4.78, 5) is 0. The van der Waals surface area contributed by atoms with E-state index in [-0.39, 0.29) is 6.54 Å². The minimum atomic E-state index is -3.53. The first-order valence-electron chi connectivity index (χ1n) is 5.36. The van der Waals surface area contributed by atoms with Gasteiger partial charge in [0.1, 0.15) is 5.82 Å². The molecule has 0 fully saturated rings. The smallest absolute Gasteiger partial charge is 0.239 e. The number of hydrogen-bond donors (Lipinski definition) is 1. The van der Waals surface area contributed by atoms with Crippen molar-refractivity contribution in [3.63, 3.8) is 0 Å². The molecule has 0 radical (unpaired) electrons. The van der Waals surface area contributed by atoms with E-state index in [1.54, 1.807) is 13.0 Å². The van der Waals surface area contributed by atoms with Crippen LogP contribution >= 0.6 is 0 Å². The Morgan fingerprint density at radius 2 is 2.12 bits per heavy atom. The lowest BCUT2D eigenvalue weighted by Gasteiger charge is -2.24. The van der Waals surface area contributed by atoms with Crippen LogP contribution in [0.1, 0.15) is 13.3 Å². The van der Waals surface area contributed by atoms with E-state index >= 15 is 0 Å². The summed E-state index contributed by atoms with van der Waals surface area (Å²) in [5.74, 6) is -0.467. The van der Waals surface area contributed by atoms with Gasteiger partial charge in [-0.05, 0) is 24.6 Å². The Kier molecular flexibility index (Phi) is 4.47. The van der Waals surface area contributed by atoms with Crippen LogP contribution in [-0.4, -0.2) is 27.3 Å². The molecule has 96 valence electrons. The predicted octanol–water partition coefficient (Wildman–Crippen LogP) is 1.33. The van der Waals surface area contributed by atoms with Crippen molar-refractivity contribution >= 4 is 15.7 Å². The maximum Gasteiger partial charge on any atom is 0.239 e. The van der Waals surface area contributed by atoms with Crippen molar-refractivity contribution in [3.05, 3.63) is 30.1 Å². The minimum absolute atomic E-state index is 0.0541. The van der Waals surface area contributed by atoms with Gasteiger partial charge in [-0.3, -0.25) is 4.31 Å². The Morgan fingerprint density at radius 1 is 1.47 bits per heavy atom. The highest BCUT2D eigenvalue weighted by molar-refractivity contribution is 7.93. The van der Waals surface area contributed by atoms with Crippen LogP contribution in [0.25, 0.3) is 0 Å². The second kappa shape index (κ2) is 5.46. The van der Waals surface area contributed by atoms with Gasteiger partial charge in [0.05, 0.1) is 10.9 Å². The SMILES string of the molecule is CCC(CN)S(=O)(=O)N(C)c1cccc(F)c1. The molecule has 1 atom stereocenters.